The van der Waals surface area contributed by atoms with E-state index < -0.39 is 0 Å². The largest absolute Gasteiger partial charge is 0.380 e. The van der Waals surface area contributed by atoms with Crippen LogP contribution in [0, 0.1) is 12.7 Å². The third-order valence-corrected chi connectivity index (χ3v) is 4.83. The highest BCUT2D eigenvalue weighted by Gasteiger charge is 2.40. The average molecular weight is 277 g/mol. The van der Waals surface area contributed by atoms with Gasteiger partial charge in [-0.05, 0) is 44.2 Å². The van der Waals surface area contributed by atoms with Crippen LogP contribution < -0.4 is 5.32 Å². The fraction of sp³-hybridized carbons (Fsp3) is 0.647. The Labute approximate surface area is 120 Å². The quantitative estimate of drug-likeness (QED) is 0.882. The van der Waals surface area contributed by atoms with Crippen molar-refractivity contribution in [1.29, 1.82) is 0 Å². The minimum atomic E-state index is -0.171. The second-order valence-electron chi connectivity index (χ2n) is 6.33. The molecule has 1 aromatic rings. The van der Waals surface area contributed by atoms with Crippen LogP contribution >= 0.6 is 0 Å². The first-order chi connectivity index (χ1) is 9.69. The van der Waals surface area contributed by atoms with Gasteiger partial charge in [0.05, 0.1) is 17.4 Å². The predicted octanol–water partition coefficient (Wildman–Crippen LogP) is 4.43. The fourth-order valence-corrected chi connectivity index (χ4v) is 3.67. The van der Waals surface area contributed by atoms with Gasteiger partial charge in [-0.15, -0.1) is 0 Å². The molecule has 1 unspecified atom stereocenters. The van der Waals surface area contributed by atoms with Crippen LogP contribution in [-0.4, -0.2) is 18.2 Å². The van der Waals surface area contributed by atoms with Crippen LogP contribution in [0.25, 0.3) is 0 Å². The summed E-state index contributed by atoms with van der Waals surface area (Å²) >= 11 is 0. The number of anilines is 1. The summed E-state index contributed by atoms with van der Waals surface area (Å²) in [6.07, 6.45) is 8.87. The molecule has 110 valence electrons. The van der Waals surface area contributed by atoms with Crippen molar-refractivity contribution in [2.45, 2.75) is 63.6 Å². The van der Waals surface area contributed by atoms with Crippen molar-refractivity contribution >= 4 is 5.69 Å². The molecule has 1 N–H and O–H groups in total. The van der Waals surface area contributed by atoms with Crippen molar-refractivity contribution in [2.24, 2.45) is 0 Å². The third-order valence-electron chi connectivity index (χ3n) is 4.83. The van der Waals surface area contributed by atoms with Crippen molar-refractivity contribution in [3.05, 3.63) is 29.6 Å². The van der Waals surface area contributed by atoms with Gasteiger partial charge in [0.15, 0.2) is 0 Å². The smallest absolute Gasteiger partial charge is 0.146 e. The first-order valence-corrected chi connectivity index (χ1v) is 7.85. The van der Waals surface area contributed by atoms with Crippen molar-refractivity contribution < 1.29 is 9.13 Å². The van der Waals surface area contributed by atoms with Crippen LogP contribution in [0.5, 0.6) is 0 Å². The molecule has 2 nitrogen and oxygen atoms in total. The van der Waals surface area contributed by atoms with E-state index in [1.165, 1.54) is 44.6 Å². The molecule has 20 heavy (non-hydrogen) atoms. The van der Waals surface area contributed by atoms with Crippen molar-refractivity contribution in [2.75, 3.05) is 11.9 Å². The van der Waals surface area contributed by atoms with Gasteiger partial charge in [0.2, 0.25) is 0 Å². The first kappa shape index (κ1) is 13.9. The number of rotatable bonds is 3. The molecule has 0 radical (unpaired) electrons. The molecule has 2 aliphatic rings. The van der Waals surface area contributed by atoms with Crippen molar-refractivity contribution in [1.82, 2.24) is 0 Å². The van der Waals surface area contributed by atoms with Gasteiger partial charge in [-0.2, -0.15) is 0 Å². The summed E-state index contributed by atoms with van der Waals surface area (Å²) in [5.74, 6) is -0.171. The Morgan fingerprint density at radius 2 is 2.05 bits per heavy atom. The van der Waals surface area contributed by atoms with Gasteiger partial charge in [0.25, 0.3) is 0 Å². The molecule has 1 aliphatic carbocycles. The highest BCUT2D eigenvalue weighted by Crippen LogP contribution is 2.41. The monoisotopic (exact) mass is 277 g/mol. The van der Waals surface area contributed by atoms with Gasteiger partial charge in [0, 0.05) is 6.54 Å². The van der Waals surface area contributed by atoms with Gasteiger partial charge >= 0.3 is 0 Å². The Balaban J connectivity index is 1.57. The van der Waals surface area contributed by atoms with Crippen LogP contribution in [0.1, 0.15) is 50.5 Å². The van der Waals surface area contributed by atoms with Crippen LogP contribution in [0.3, 0.4) is 0 Å². The minimum Gasteiger partial charge on any atom is -0.380 e. The zero-order valence-corrected chi connectivity index (χ0v) is 12.3. The van der Waals surface area contributed by atoms with Gasteiger partial charge in [-0.25, -0.2) is 4.39 Å². The van der Waals surface area contributed by atoms with Crippen molar-refractivity contribution in [3.8, 4) is 0 Å². The number of aryl methyl sites for hydroxylation is 1. The second kappa shape index (κ2) is 5.72. The van der Waals surface area contributed by atoms with Gasteiger partial charge in [-0.1, -0.05) is 31.4 Å². The zero-order valence-electron chi connectivity index (χ0n) is 12.3. The van der Waals surface area contributed by atoms with E-state index in [0.717, 1.165) is 12.0 Å². The predicted molar refractivity (Wildman–Crippen MR) is 79.5 cm³/mol. The van der Waals surface area contributed by atoms with E-state index in [2.05, 4.69) is 5.32 Å². The maximum absolute atomic E-state index is 13.8. The van der Waals surface area contributed by atoms with E-state index in [1.807, 2.05) is 13.0 Å². The number of hydrogen-bond donors (Lipinski definition) is 1. The van der Waals surface area contributed by atoms with Crippen LogP contribution in [0.2, 0.25) is 0 Å². The maximum Gasteiger partial charge on any atom is 0.146 e. The molecule has 3 heteroatoms. The van der Waals surface area contributed by atoms with E-state index in [4.69, 9.17) is 4.74 Å². The van der Waals surface area contributed by atoms with Crippen LogP contribution in [0.4, 0.5) is 10.1 Å². The maximum atomic E-state index is 13.8. The minimum absolute atomic E-state index is 0.148. The van der Waals surface area contributed by atoms with E-state index >= 15 is 0 Å². The van der Waals surface area contributed by atoms with Crippen LogP contribution in [-0.2, 0) is 4.74 Å². The number of nitrogens with one attached hydrogen (secondary N) is 1. The summed E-state index contributed by atoms with van der Waals surface area (Å²) in [6.45, 7) is 2.65. The molecule has 1 spiro atoms. The molecule has 1 aliphatic heterocycles. The molecule has 1 atom stereocenters. The first-order valence-electron chi connectivity index (χ1n) is 7.85. The lowest BCUT2D eigenvalue weighted by molar-refractivity contribution is -0.0588. The molecule has 1 aromatic carbocycles. The molecule has 0 bridgehead atoms. The lowest BCUT2D eigenvalue weighted by Crippen LogP contribution is -2.33. The van der Waals surface area contributed by atoms with Gasteiger partial charge in [0.1, 0.15) is 5.82 Å². The second-order valence-corrected chi connectivity index (χ2v) is 6.33. The summed E-state index contributed by atoms with van der Waals surface area (Å²) < 4.78 is 20.1. The van der Waals surface area contributed by atoms with Crippen LogP contribution in [0.15, 0.2) is 18.2 Å². The molecular formula is C17H24FNO. The van der Waals surface area contributed by atoms with Crippen molar-refractivity contribution in [3.63, 3.8) is 0 Å². The van der Waals surface area contributed by atoms with E-state index in [0.29, 0.717) is 12.2 Å². The summed E-state index contributed by atoms with van der Waals surface area (Å²) in [5, 5.41) is 3.25. The van der Waals surface area contributed by atoms with E-state index in [9.17, 15) is 4.39 Å². The SMILES string of the molecule is Cc1cccc(F)c1NCC1CCC2(CCCCC2)O1. The standard InChI is InChI=1S/C17H24FNO/c1-13-6-5-7-15(18)16(13)19-12-14-8-11-17(20-14)9-3-2-4-10-17/h5-7,14,19H,2-4,8-12H2,1H3. The molecule has 1 saturated carbocycles. The number of hydrogen-bond acceptors (Lipinski definition) is 2. The Bertz CT molecular complexity index is 448. The lowest BCUT2D eigenvalue weighted by Gasteiger charge is -2.33. The molecule has 0 amide bonds. The summed E-state index contributed by atoms with van der Waals surface area (Å²) in [6, 6.07) is 5.19. The summed E-state index contributed by atoms with van der Waals surface area (Å²) in [4.78, 5) is 0. The molecule has 1 heterocycles. The zero-order chi connectivity index (χ0) is 14.0. The summed E-state index contributed by atoms with van der Waals surface area (Å²) in [5.41, 5.74) is 1.73. The molecular weight excluding hydrogens is 253 g/mol. The number of para-hydroxylation sites is 1. The Morgan fingerprint density at radius 3 is 2.80 bits per heavy atom. The van der Waals surface area contributed by atoms with E-state index in [1.54, 1.807) is 6.07 Å². The third kappa shape index (κ3) is 2.83. The Morgan fingerprint density at radius 1 is 1.25 bits per heavy atom. The normalized spacial score (nSPS) is 25.0. The molecule has 1 saturated heterocycles. The highest BCUT2D eigenvalue weighted by molar-refractivity contribution is 5.51. The molecule has 0 aromatic heterocycles. The molecule has 3 rings (SSSR count). The topological polar surface area (TPSA) is 21.3 Å². The average Bonchev–Trinajstić information content (AvgIpc) is 2.82. The molecule has 2 fully saturated rings. The number of ether oxygens (including phenoxy) is 1. The number of benzene rings is 1. The Kier molecular flexibility index (Phi) is 3.97. The lowest BCUT2D eigenvalue weighted by atomic mass is 9.83. The van der Waals surface area contributed by atoms with Gasteiger partial charge in [-0.3, -0.25) is 0 Å². The highest BCUT2D eigenvalue weighted by atomic mass is 19.1. The van der Waals surface area contributed by atoms with E-state index in [-0.39, 0.29) is 17.5 Å². The summed E-state index contributed by atoms with van der Waals surface area (Å²) in [7, 11) is 0. The fourth-order valence-electron chi connectivity index (χ4n) is 3.67. The van der Waals surface area contributed by atoms with Gasteiger partial charge < -0.3 is 10.1 Å². The number of halogens is 1. The Hall–Kier alpha value is -1.09.